The van der Waals surface area contributed by atoms with Gasteiger partial charge in [-0.05, 0) is 48.7 Å². The molecule has 1 N–H and O–H groups in total. The van der Waals surface area contributed by atoms with E-state index >= 15 is 0 Å². The van der Waals surface area contributed by atoms with Crippen molar-refractivity contribution >= 4 is 5.69 Å². The summed E-state index contributed by atoms with van der Waals surface area (Å²) in [4.78, 5) is 4.82. The second kappa shape index (κ2) is 7.29. The zero-order chi connectivity index (χ0) is 18.1. The van der Waals surface area contributed by atoms with Crippen LogP contribution in [0.1, 0.15) is 29.7 Å². The van der Waals surface area contributed by atoms with Gasteiger partial charge >= 0.3 is 0 Å². The van der Waals surface area contributed by atoms with E-state index in [1.165, 1.54) is 16.8 Å². The first-order chi connectivity index (χ1) is 12.6. The van der Waals surface area contributed by atoms with Gasteiger partial charge in [0.15, 0.2) is 0 Å². The van der Waals surface area contributed by atoms with Gasteiger partial charge in [-0.3, -0.25) is 4.90 Å². The molecule has 2 heterocycles. The van der Waals surface area contributed by atoms with Gasteiger partial charge in [0.25, 0.3) is 0 Å². The number of hydrogen-bond acceptors (Lipinski definition) is 4. The average Bonchev–Trinajstić information content (AvgIpc) is 3.02. The number of fused-ring (bicyclic) bond motifs is 1. The van der Waals surface area contributed by atoms with Gasteiger partial charge in [0.1, 0.15) is 11.9 Å². The van der Waals surface area contributed by atoms with Crippen molar-refractivity contribution in [3.8, 4) is 5.75 Å². The second-order valence-corrected chi connectivity index (χ2v) is 7.59. The van der Waals surface area contributed by atoms with Crippen molar-refractivity contribution in [1.82, 2.24) is 4.90 Å². The van der Waals surface area contributed by atoms with Gasteiger partial charge in [0.2, 0.25) is 0 Å². The molecule has 2 atom stereocenters. The molecule has 1 fully saturated rings. The van der Waals surface area contributed by atoms with E-state index in [-0.39, 0.29) is 6.10 Å². The number of hydrogen-bond donors (Lipinski definition) is 1. The molecule has 138 valence electrons. The number of aliphatic hydroxyl groups is 1. The minimum Gasteiger partial charge on any atom is -0.490 e. The van der Waals surface area contributed by atoms with Crippen molar-refractivity contribution in [2.24, 2.45) is 0 Å². The first-order valence-electron chi connectivity index (χ1n) is 9.60. The fourth-order valence-corrected chi connectivity index (χ4v) is 4.09. The maximum absolute atomic E-state index is 10.7. The van der Waals surface area contributed by atoms with Crippen LogP contribution in [0.5, 0.6) is 5.75 Å². The Morgan fingerprint density at radius 1 is 1.12 bits per heavy atom. The zero-order valence-electron chi connectivity index (χ0n) is 15.7. The summed E-state index contributed by atoms with van der Waals surface area (Å²) in [6.45, 7) is 8.93. The smallest absolute Gasteiger partial charge is 0.123 e. The standard InChI is InChI=1S/C22H28N2O2/c1-16-5-3-4-6-20(16)24-11-9-23(10-12-24)15-21(25)18-7-8-22-19(14-18)13-17(2)26-22/h3-8,14,17,21,25H,9-13,15H2,1-2H3. The summed E-state index contributed by atoms with van der Waals surface area (Å²) in [5.41, 5.74) is 4.89. The van der Waals surface area contributed by atoms with Gasteiger partial charge in [-0.15, -0.1) is 0 Å². The Kier molecular flexibility index (Phi) is 4.88. The number of anilines is 1. The minimum absolute atomic E-state index is 0.243. The topological polar surface area (TPSA) is 35.9 Å². The fourth-order valence-electron chi connectivity index (χ4n) is 4.09. The van der Waals surface area contributed by atoms with E-state index in [4.69, 9.17) is 4.74 Å². The van der Waals surface area contributed by atoms with Crippen LogP contribution < -0.4 is 9.64 Å². The number of nitrogens with zero attached hydrogens (tertiary/aromatic N) is 2. The van der Waals surface area contributed by atoms with Crippen molar-refractivity contribution < 1.29 is 9.84 Å². The second-order valence-electron chi connectivity index (χ2n) is 7.59. The fraction of sp³-hybridized carbons (Fsp3) is 0.455. The summed E-state index contributed by atoms with van der Waals surface area (Å²) in [5, 5.41) is 10.7. The number of benzene rings is 2. The van der Waals surface area contributed by atoms with Crippen LogP contribution in [-0.2, 0) is 6.42 Å². The summed E-state index contributed by atoms with van der Waals surface area (Å²) in [6, 6.07) is 14.7. The highest BCUT2D eigenvalue weighted by atomic mass is 16.5. The van der Waals surface area contributed by atoms with Gasteiger partial charge in [0.05, 0.1) is 6.10 Å². The molecule has 1 saturated heterocycles. The molecule has 0 aromatic heterocycles. The minimum atomic E-state index is -0.443. The maximum atomic E-state index is 10.7. The van der Waals surface area contributed by atoms with Crippen molar-refractivity contribution in [2.45, 2.75) is 32.5 Å². The molecule has 4 rings (SSSR count). The van der Waals surface area contributed by atoms with Crippen molar-refractivity contribution in [3.63, 3.8) is 0 Å². The van der Waals surface area contributed by atoms with Crippen LogP contribution in [0.15, 0.2) is 42.5 Å². The summed E-state index contributed by atoms with van der Waals surface area (Å²) < 4.78 is 5.76. The molecule has 26 heavy (non-hydrogen) atoms. The Morgan fingerprint density at radius 2 is 1.88 bits per heavy atom. The summed E-state index contributed by atoms with van der Waals surface area (Å²) in [6.07, 6.45) is 0.735. The lowest BCUT2D eigenvalue weighted by Gasteiger charge is -2.37. The van der Waals surface area contributed by atoms with E-state index in [9.17, 15) is 5.11 Å². The SMILES string of the molecule is Cc1ccccc1N1CCN(CC(O)c2ccc3c(c2)CC(C)O3)CC1. The highest BCUT2D eigenvalue weighted by molar-refractivity contribution is 5.53. The molecular weight excluding hydrogens is 324 g/mol. The molecule has 2 unspecified atom stereocenters. The van der Waals surface area contributed by atoms with Crippen LogP contribution in [0.4, 0.5) is 5.69 Å². The molecule has 0 spiro atoms. The first kappa shape index (κ1) is 17.4. The van der Waals surface area contributed by atoms with Crippen molar-refractivity contribution in [1.29, 1.82) is 0 Å². The number of ether oxygens (including phenoxy) is 1. The van der Waals surface area contributed by atoms with E-state index in [1.54, 1.807) is 0 Å². The first-order valence-corrected chi connectivity index (χ1v) is 9.60. The van der Waals surface area contributed by atoms with Crippen LogP contribution in [0.25, 0.3) is 0 Å². The molecular formula is C22H28N2O2. The summed E-state index contributed by atoms with van der Waals surface area (Å²) in [5.74, 6) is 0.972. The number of aryl methyl sites for hydroxylation is 1. The molecule has 0 aliphatic carbocycles. The lowest BCUT2D eigenvalue weighted by Crippen LogP contribution is -2.47. The predicted octanol–water partition coefficient (Wildman–Crippen LogP) is 3.17. The molecule has 0 bridgehead atoms. The Hall–Kier alpha value is -2.04. The molecule has 0 saturated carbocycles. The predicted molar refractivity (Wildman–Crippen MR) is 105 cm³/mol. The van der Waals surface area contributed by atoms with Crippen LogP contribution in [0.2, 0.25) is 0 Å². The third-order valence-electron chi connectivity index (χ3n) is 5.56. The Morgan fingerprint density at radius 3 is 2.65 bits per heavy atom. The Bertz CT molecular complexity index is 768. The zero-order valence-corrected chi connectivity index (χ0v) is 15.7. The highest BCUT2D eigenvalue weighted by Gasteiger charge is 2.23. The molecule has 2 aromatic carbocycles. The summed E-state index contributed by atoms with van der Waals surface area (Å²) >= 11 is 0. The number of para-hydroxylation sites is 1. The van der Waals surface area contributed by atoms with Crippen LogP contribution in [-0.4, -0.2) is 48.8 Å². The van der Waals surface area contributed by atoms with Crippen molar-refractivity contribution in [2.75, 3.05) is 37.6 Å². The van der Waals surface area contributed by atoms with Gasteiger partial charge < -0.3 is 14.7 Å². The third-order valence-corrected chi connectivity index (χ3v) is 5.56. The number of aliphatic hydroxyl groups excluding tert-OH is 1. The monoisotopic (exact) mass is 352 g/mol. The molecule has 4 nitrogen and oxygen atoms in total. The van der Waals surface area contributed by atoms with Gasteiger partial charge in [-0.2, -0.15) is 0 Å². The number of piperazine rings is 1. The van der Waals surface area contributed by atoms with Gasteiger partial charge in [0, 0.05) is 44.8 Å². The summed E-state index contributed by atoms with van der Waals surface area (Å²) in [7, 11) is 0. The van der Waals surface area contributed by atoms with Crippen LogP contribution >= 0.6 is 0 Å². The maximum Gasteiger partial charge on any atom is 0.123 e. The number of rotatable bonds is 4. The van der Waals surface area contributed by atoms with Crippen LogP contribution in [0, 0.1) is 6.92 Å². The van der Waals surface area contributed by atoms with Gasteiger partial charge in [-0.1, -0.05) is 24.3 Å². The number of β-amino-alcohol motifs (C(OH)–C–C–N with tert-alkyl or cyclic N) is 1. The molecule has 4 heteroatoms. The lowest BCUT2D eigenvalue weighted by atomic mass is 10.0. The molecule has 2 aromatic rings. The highest BCUT2D eigenvalue weighted by Crippen LogP contribution is 2.31. The largest absolute Gasteiger partial charge is 0.490 e. The van der Waals surface area contributed by atoms with E-state index < -0.39 is 6.10 Å². The lowest BCUT2D eigenvalue weighted by molar-refractivity contribution is 0.109. The molecule has 0 radical (unpaired) electrons. The quantitative estimate of drug-likeness (QED) is 0.917. The average molecular weight is 352 g/mol. The van der Waals surface area contributed by atoms with Crippen LogP contribution in [0.3, 0.4) is 0 Å². The van der Waals surface area contributed by atoms with Crippen molar-refractivity contribution in [3.05, 3.63) is 59.2 Å². The third kappa shape index (κ3) is 3.57. The van der Waals surface area contributed by atoms with E-state index in [2.05, 4.69) is 54.0 Å². The Balaban J connectivity index is 1.34. The van der Waals surface area contributed by atoms with E-state index in [0.717, 1.165) is 43.9 Å². The Labute approximate surface area is 156 Å². The van der Waals surface area contributed by atoms with E-state index in [1.807, 2.05) is 12.1 Å². The van der Waals surface area contributed by atoms with E-state index in [0.29, 0.717) is 6.54 Å². The molecule has 0 amide bonds. The van der Waals surface area contributed by atoms with Gasteiger partial charge in [-0.25, -0.2) is 0 Å². The molecule has 2 aliphatic heterocycles. The molecule has 2 aliphatic rings. The normalized spacial score (nSPS) is 21.3.